The van der Waals surface area contributed by atoms with Crippen molar-refractivity contribution >= 4 is 44.7 Å². The number of nitrogens with one attached hydrogen (secondary N) is 3. The topological polar surface area (TPSA) is 182 Å². The van der Waals surface area contributed by atoms with Gasteiger partial charge in [0.1, 0.15) is 35.2 Å². The normalized spacial score (nSPS) is 28.4. The first-order chi connectivity index (χ1) is 28.4. The van der Waals surface area contributed by atoms with E-state index < -0.39 is 62.8 Å². The molecule has 1 aromatic heterocycles. The van der Waals surface area contributed by atoms with Crippen molar-refractivity contribution in [2.75, 3.05) is 20.3 Å². The molecule has 6 atom stereocenters. The van der Waals surface area contributed by atoms with Gasteiger partial charge in [-0.05, 0) is 74.8 Å². The molecule has 316 valence electrons. The zero-order valence-electron chi connectivity index (χ0n) is 33.9. The van der Waals surface area contributed by atoms with Crippen LogP contribution >= 0.6 is 0 Å². The molecule has 3 N–H and O–H groups in total. The number of carbonyl (C=O) groups is 4. The Kier molecular flexibility index (Phi) is 11.8. The molecule has 59 heavy (non-hydrogen) atoms. The molecule has 0 radical (unpaired) electrons. The van der Waals surface area contributed by atoms with Crippen LogP contribution in [0.3, 0.4) is 0 Å². The Morgan fingerprint density at radius 3 is 2.49 bits per heavy atom. The summed E-state index contributed by atoms with van der Waals surface area (Å²) in [4.78, 5) is 63.0. The molecule has 8 rings (SSSR count). The van der Waals surface area contributed by atoms with Gasteiger partial charge in [-0.25, -0.2) is 18.2 Å². The van der Waals surface area contributed by atoms with E-state index in [1.165, 1.54) is 4.90 Å². The van der Waals surface area contributed by atoms with Gasteiger partial charge in [0, 0.05) is 29.5 Å². The number of methoxy groups -OCH3 is 1. The molecule has 5 bridgehead atoms. The molecule has 2 aliphatic carbocycles. The molecule has 2 aromatic carbocycles. The number of fused-ring (bicyclic) bond motifs is 4. The number of hydrogen-bond acceptors (Lipinski definition) is 10. The summed E-state index contributed by atoms with van der Waals surface area (Å²) in [5.74, 6) is -0.716. The highest BCUT2D eigenvalue weighted by atomic mass is 32.2. The number of sulfonamides is 1. The summed E-state index contributed by atoms with van der Waals surface area (Å²) >= 11 is 0. The molecule has 4 amide bonds. The Morgan fingerprint density at radius 2 is 1.73 bits per heavy atom. The summed E-state index contributed by atoms with van der Waals surface area (Å²) in [6.07, 6.45) is 7.36. The van der Waals surface area contributed by atoms with E-state index in [2.05, 4.69) is 15.4 Å². The van der Waals surface area contributed by atoms with Crippen LogP contribution in [0.2, 0.25) is 0 Å². The lowest BCUT2D eigenvalue weighted by molar-refractivity contribution is -0.141. The van der Waals surface area contributed by atoms with Crippen LogP contribution in [0.5, 0.6) is 11.5 Å². The van der Waals surface area contributed by atoms with Gasteiger partial charge in [-0.2, -0.15) is 0 Å². The lowest BCUT2D eigenvalue weighted by Gasteiger charge is -2.30. The van der Waals surface area contributed by atoms with E-state index in [9.17, 15) is 27.6 Å². The summed E-state index contributed by atoms with van der Waals surface area (Å²) in [7, 11) is -2.24. The van der Waals surface area contributed by atoms with Crippen molar-refractivity contribution < 1.29 is 41.8 Å². The van der Waals surface area contributed by atoms with Crippen LogP contribution in [0, 0.1) is 11.8 Å². The second-order valence-corrected chi connectivity index (χ2v) is 19.2. The van der Waals surface area contributed by atoms with E-state index >= 15 is 0 Å². The van der Waals surface area contributed by atoms with Crippen LogP contribution in [-0.2, 0) is 35.6 Å². The monoisotopic (exact) mass is 829 g/mol. The van der Waals surface area contributed by atoms with Gasteiger partial charge in [0.05, 0.1) is 36.7 Å². The summed E-state index contributed by atoms with van der Waals surface area (Å²) < 4.78 is 46.6. The van der Waals surface area contributed by atoms with Gasteiger partial charge < -0.3 is 29.7 Å². The lowest BCUT2D eigenvalue weighted by Crippen LogP contribution is -2.58. The molecule has 2 saturated heterocycles. The molecule has 5 aliphatic rings. The summed E-state index contributed by atoms with van der Waals surface area (Å²) in [6, 6.07) is 13.5. The SMILES string of the molecule is COc1cc2nc(-c3ccccc3)cc3c2cc1CCC[C@H](C)COC(=O)N[C@H]1CCCCCCC[C@H]2C[C@@]2(C(=O)NS(=O)(=O)C2CC2)NC(=O)[C@@H]2C[C@H](CN2C1=O)O3. The number of amides is 4. The number of ether oxygens (including phenoxy) is 3. The number of rotatable bonds is 5. The fraction of sp³-hybridized carbons (Fsp3) is 0.568. The van der Waals surface area contributed by atoms with E-state index in [1.807, 2.05) is 55.5 Å². The first kappa shape index (κ1) is 40.8. The third-order valence-electron chi connectivity index (χ3n) is 12.7. The average Bonchev–Trinajstić information content (AvgIpc) is 4.15. The van der Waals surface area contributed by atoms with Gasteiger partial charge >= 0.3 is 6.09 Å². The van der Waals surface area contributed by atoms with Crippen molar-refractivity contribution in [1.82, 2.24) is 25.2 Å². The van der Waals surface area contributed by atoms with Crippen molar-refractivity contribution in [3.8, 4) is 22.8 Å². The Bertz CT molecular complexity index is 2200. The maximum Gasteiger partial charge on any atom is 0.407 e. The van der Waals surface area contributed by atoms with E-state index in [-0.39, 0.29) is 31.4 Å². The van der Waals surface area contributed by atoms with Gasteiger partial charge in [0.25, 0.3) is 5.91 Å². The van der Waals surface area contributed by atoms with E-state index in [4.69, 9.17) is 19.2 Å². The largest absolute Gasteiger partial charge is 0.496 e. The number of nitrogens with zero attached hydrogens (tertiary/aromatic N) is 2. The van der Waals surface area contributed by atoms with Crippen LogP contribution in [0.25, 0.3) is 22.2 Å². The van der Waals surface area contributed by atoms with Gasteiger partial charge in [-0.1, -0.05) is 69.4 Å². The average molecular weight is 830 g/mol. The molecule has 0 spiro atoms. The highest BCUT2D eigenvalue weighted by molar-refractivity contribution is 7.91. The molecule has 3 aromatic rings. The van der Waals surface area contributed by atoms with Crippen LogP contribution in [-0.4, -0.2) is 91.4 Å². The van der Waals surface area contributed by atoms with E-state index in [1.54, 1.807) is 7.11 Å². The molecule has 15 heteroatoms. The molecule has 3 aliphatic heterocycles. The highest BCUT2D eigenvalue weighted by Crippen LogP contribution is 2.48. The maximum absolute atomic E-state index is 14.7. The summed E-state index contributed by atoms with van der Waals surface area (Å²) in [5, 5.41) is 5.96. The summed E-state index contributed by atoms with van der Waals surface area (Å²) in [6.45, 7) is 2.21. The first-order valence-corrected chi connectivity index (χ1v) is 22.8. The zero-order chi connectivity index (χ0) is 41.3. The fourth-order valence-electron chi connectivity index (χ4n) is 9.07. The number of carbonyl (C=O) groups excluding carboxylic acids is 4. The highest BCUT2D eigenvalue weighted by Gasteiger charge is 2.62. The molecule has 4 heterocycles. The Morgan fingerprint density at radius 1 is 0.966 bits per heavy atom. The minimum Gasteiger partial charge on any atom is -0.496 e. The van der Waals surface area contributed by atoms with Crippen LogP contribution in [0.1, 0.15) is 96.0 Å². The standard InChI is InChI=1S/C44H55N5O9S/c1-27-12-11-15-29-20-33-36(23-38(29)56-2)45-35(28-13-7-6-8-14-28)22-39(33)58-31-21-37-40(50)47-44(42(52)48-59(54,55)32-18-19-32)24-30(44)16-9-4-3-5-10-17-34(41(51)49(37)25-31)46-43(53)57-26-27/h6-8,13-14,20,22-23,27,30-32,34,37H,3-5,9-12,15-19,21,24-26H2,1-2H3,(H,46,53)(H,47,50)(H,48,52)/t27-,30-,31+,34-,37-,44+/m0/s1. The quantitative estimate of drug-likeness (QED) is 0.295. The predicted molar refractivity (Wildman–Crippen MR) is 220 cm³/mol. The van der Waals surface area contributed by atoms with Crippen LogP contribution in [0.4, 0.5) is 4.79 Å². The van der Waals surface area contributed by atoms with Crippen molar-refractivity contribution in [2.24, 2.45) is 11.8 Å². The van der Waals surface area contributed by atoms with Crippen molar-refractivity contribution in [2.45, 2.75) is 126 Å². The number of hydrogen-bond donors (Lipinski definition) is 3. The minimum atomic E-state index is -3.88. The number of benzene rings is 2. The van der Waals surface area contributed by atoms with Crippen molar-refractivity contribution in [3.05, 3.63) is 54.1 Å². The Labute approximate surface area is 345 Å². The second-order valence-electron chi connectivity index (χ2n) is 17.2. The Hall–Kier alpha value is -4.92. The van der Waals surface area contributed by atoms with Crippen LogP contribution in [0.15, 0.2) is 48.5 Å². The number of aromatic nitrogens is 1. The lowest BCUT2D eigenvalue weighted by atomic mass is 9.99. The van der Waals surface area contributed by atoms with E-state index in [0.717, 1.165) is 55.0 Å². The number of alkyl carbamates (subject to hydrolysis) is 1. The third-order valence-corrected chi connectivity index (χ3v) is 14.5. The molecule has 0 unspecified atom stereocenters. The zero-order valence-corrected chi connectivity index (χ0v) is 34.7. The van der Waals surface area contributed by atoms with Crippen molar-refractivity contribution in [1.29, 1.82) is 0 Å². The molecular formula is C44H55N5O9S. The number of cyclic esters (lactones) is 1. The van der Waals surface area contributed by atoms with E-state index in [0.29, 0.717) is 67.7 Å². The van der Waals surface area contributed by atoms with Crippen molar-refractivity contribution in [3.63, 3.8) is 0 Å². The minimum absolute atomic E-state index is 0.0212. The summed E-state index contributed by atoms with van der Waals surface area (Å²) in [5.41, 5.74) is 1.77. The van der Waals surface area contributed by atoms with Crippen LogP contribution < -0.4 is 24.8 Å². The van der Waals surface area contributed by atoms with Gasteiger partial charge in [0.15, 0.2) is 0 Å². The van der Waals surface area contributed by atoms with Gasteiger partial charge in [-0.3, -0.25) is 19.1 Å². The smallest absolute Gasteiger partial charge is 0.407 e. The van der Waals surface area contributed by atoms with Gasteiger partial charge in [0.2, 0.25) is 21.8 Å². The molecule has 4 fully saturated rings. The molecule has 14 nitrogen and oxygen atoms in total. The second kappa shape index (κ2) is 17.0. The predicted octanol–water partition coefficient (Wildman–Crippen LogP) is 5.55. The maximum atomic E-state index is 14.7. The molecule has 2 saturated carbocycles. The number of aryl methyl sites for hydroxylation is 1. The molecular weight excluding hydrogens is 775 g/mol. The van der Waals surface area contributed by atoms with Gasteiger partial charge in [-0.15, -0.1) is 0 Å². The number of pyridine rings is 1. The fourth-order valence-corrected chi connectivity index (χ4v) is 10.4. The first-order valence-electron chi connectivity index (χ1n) is 21.3. The Balaban J connectivity index is 1.18. The third kappa shape index (κ3) is 9.00.